The van der Waals surface area contributed by atoms with E-state index in [-0.39, 0.29) is 6.54 Å². The Morgan fingerprint density at radius 2 is 1.85 bits per heavy atom. The third-order valence-electron chi connectivity index (χ3n) is 4.53. The molecule has 0 unspecified atom stereocenters. The van der Waals surface area contributed by atoms with Crippen LogP contribution in [0.1, 0.15) is 12.1 Å². The molecule has 5 nitrogen and oxygen atoms in total. The van der Waals surface area contributed by atoms with E-state index in [1.807, 2.05) is 0 Å². The Hall–Kier alpha value is -2.17. The number of carbonyl (C=O) groups excluding carboxylic acids is 1. The predicted molar refractivity (Wildman–Crippen MR) is 83.2 cm³/mol. The Morgan fingerprint density at radius 1 is 1.19 bits per heavy atom. The molecular weight excluding hydrogens is 402 g/mol. The highest BCUT2D eigenvalue weighted by Crippen LogP contribution is 2.55. The van der Waals surface area contributed by atoms with Crippen molar-refractivity contribution in [1.82, 2.24) is 19.6 Å². The van der Waals surface area contributed by atoms with E-state index in [0.29, 0.717) is 21.3 Å². The Bertz CT molecular complexity index is 848. The number of nitrogens with zero attached hydrogens (tertiary/aromatic N) is 3. The number of amides is 2. The molecule has 0 spiro atoms. The molecule has 1 aliphatic heterocycles. The largest absolute Gasteiger partial charge is 0.404 e. The van der Waals surface area contributed by atoms with E-state index in [9.17, 15) is 31.1 Å². The number of carbonyl (C=O) groups is 1. The smallest absolute Gasteiger partial charge is 0.332 e. The number of hydrogen-bond donors (Lipinski definition) is 1. The fraction of sp³-hybridized carbons (Fsp3) is 0.467. The van der Waals surface area contributed by atoms with Crippen LogP contribution in [0.15, 0.2) is 24.5 Å². The fourth-order valence-corrected chi connectivity index (χ4v) is 3.16. The first-order chi connectivity index (χ1) is 12.4. The van der Waals surface area contributed by atoms with Crippen molar-refractivity contribution in [3.63, 3.8) is 0 Å². The number of alkyl halides is 6. The van der Waals surface area contributed by atoms with Crippen LogP contribution in [-0.2, 0) is 6.54 Å². The predicted octanol–water partition coefficient (Wildman–Crippen LogP) is 4.01. The molecule has 2 aromatic rings. The lowest BCUT2D eigenvalue weighted by molar-refractivity contribution is -0.334. The van der Waals surface area contributed by atoms with Crippen molar-refractivity contribution in [1.29, 1.82) is 0 Å². The summed E-state index contributed by atoms with van der Waals surface area (Å²) in [7, 11) is 0. The maximum atomic E-state index is 13.0. The van der Waals surface area contributed by atoms with E-state index in [2.05, 4.69) is 10.3 Å². The molecule has 2 aromatic heterocycles. The monoisotopic (exact) mass is 414 g/mol. The number of rotatable bonds is 2. The summed E-state index contributed by atoms with van der Waals surface area (Å²) < 4.78 is 79.9. The zero-order chi connectivity index (χ0) is 20.0. The Morgan fingerprint density at radius 3 is 2.44 bits per heavy atom. The highest BCUT2D eigenvalue weighted by atomic mass is 35.5. The first kappa shape index (κ1) is 19.6. The van der Waals surface area contributed by atoms with Gasteiger partial charge in [0.1, 0.15) is 5.65 Å². The maximum Gasteiger partial charge on any atom is 0.404 e. The number of likely N-dealkylation sites (tertiary alicyclic amines) is 1. The van der Waals surface area contributed by atoms with Gasteiger partial charge in [-0.1, -0.05) is 11.6 Å². The number of imidazole rings is 1. The average molecular weight is 415 g/mol. The summed E-state index contributed by atoms with van der Waals surface area (Å²) in [6.07, 6.45) is -9.11. The van der Waals surface area contributed by atoms with E-state index in [1.54, 1.807) is 28.9 Å². The van der Waals surface area contributed by atoms with Crippen LogP contribution in [0.2, 0.25) is 5.02 Å². The van der Waals surface area contributed by atoms with Crippen molar-refractivity contribution in [2.75, 3.05) is 13.1 Å². The molecule has 1 fully saturated rings. The van der Waals surface area contributed by atoms with Gasteiger partial charge in [0, 0.05) is 25.5 Å². The van der Waals surface area contributed by atoms with Crippen LogP contribution in [0.3, 0.4) is 0 Å². The molecule has 2 amide bonds. The minimum atomic E-state index is -5.50. The Balaban J connectivity index is 1.68. The number of urea groups is 1. The van der Waals surface area contributed by atoms with Crippen LogP contribution < -0.4 is 5.32 Å². The molecule has 12 heteroatoms. The number of pyridine rings is 1. The molecule has 1 N–H and O–H groups in total. The van der Waals surface area contributed by atoms with E-state index in [4.69, 9.17) is 11.6 Å². The van der Waals surface area contributed by atoms with Crippen LogP contribution in [0.25, 0.3) is 5.65 Å². The lowest BCUT2D eigenvalue weighted by Crippen LogP contribution is -2.52. The van der Waals surface area contributed by atoms with E-state index < -0.39 is 43.3 Å². The number of halogens is 7. The molecule has 0 radical (unpaired) electrons. The van der Waals surface area contributed by atoms with Gasteiger partial charge in [0.15, 0.2) is 5.41 Å². The van der Waals surface area contributed by atoms with Gasteiger partial charge in [0.05, 0.1) is 17.3 Å². The summed E-state index contributed by atoms with van der Waals surface area (Å²) in [6.45, 7) is -2.27. The van der Waals surface area contributed by atoms with Gasteiger partial charge in [-0.25, -0.2) is 9.78 Å². The zero-order valence-corrected chi connectivity index (χ0v) is 14.3. The molecule has 0 saturated carbocycles. The highest BCUT2D eigenvalue weighted by Gasteiger charge is 2.72. The third kappa shape index (κ3) is 3.52. The third-order valence-corrected chi connectivity index (χ3v) is 4.75. The van der Waals surface area contributed by atoms with Crippen LogP contribution in [0.5, 0.6) is 0 Å². The molecule has 27 heavy (non-hydrogen) atoms. The normalized spacial score (nSPS) is 17.5. The van der Waals surface area contributed by atoms with Crippen molar-refractivity contribution in [2.24, 2.45) is 5.41 Å². The van der Waals surface area contributed by atoms with Gasteiger partial charge in [-0.15, -0.1) is 0 Å². The second-order valence-electron chi connectivity index (χ2n) is 6.25. The average Bonchev–Trinajstić information content (AvgIpc) is 3.15. The summed E-state index contributed by atoms with van der Waals surface area (Å²) >= 11 is 5.83. The quantitative estimate of drug-likeness (QED) is 0.755. The Labute approximate surface area is 153 Å². The minimum absolute atomic E-state index is 0.153. The van der Waals surface area contributed by atoms with Gasteiger partial charge in [0.2, 0.25) is 0 Å². The van der Waals surface area contributed by atoms with Gasteiger partial charge in [-0.2, -0.15) is 26.3 Å². The molecule has 0 aliphatic carbocycles. The van der Waals surface area contributed by atoms with Crippen molar-refractivity contribution < 1.29 is 31.1 Å². The van der Waals surface area contributed by atoms with E-state index >= 15 is 0 Å². The number of hydrogen-bond acceptors (Lipinski definition) is 2. The zero-order valence-electron chi connectivity index (χ0n) is 13.5. The molecule has 3 heterocycles. The molecule has 0 atom stereocenters. The van der Waals surface area contributed by atoms with Crippen molar-refractivity contribution in [2.45, 2.75) is 25.3 Å². The van der Waals surface area contributed by atoms with Crippen molar-refractivity contribution in [3.8, 4) is 0 Å². The van der Waals surface area contributed by atoms with Crippen molar-refractivity contribution >= 4 is 23.3 Å². The van der Waals surface area contributed by atoms with Gasteiger partial charge in [-0.3, -0.25) is 0 Å². The lowest BCUT2D eigenvalue weighted by Gasteiger charge is -2.33. The van der Waals surface area contributed by atoms with E-state index in [1.165, 1.54) is 0 Å². The van der Waals surface area contributed by atoms with Crippen molar-refractivity contribution in [3.05, 3.63) is 35.2 Å². The van der Waals surface area contributed by atoms with Crippen LogP contribution in [0, 0.1) is 5.41 Å². The van der Waals surface area contributed by atoms with E-state index in [0.717, 1.165) is 0 Å². The van der Waals surface area contributed by atoms with Gasteiger partial charge >= 0.3 is 18.4 Å². The van der Waals surface area contributed by atoms with Crippen LogP contribution in [0.4, 0.5) is 31.1 Å². The topological polar surface area (TPSA) is 49.6 Å². The molecule has 148 valence electrons. The fourth-order valence-electron chi connectivity index (χ4n) is 2.99. The summed E-state index contributed by atoms with van der Waals surface area (Å²) in [5.41, 5.74) is -3.00. The van der Waals surface area contributed by atoms with Gasteiger partial charge in [0.25, 0.3) is 0 Å². The molecule has 1 aliphatic rings. The second kappa shape index (κ2) is 6.47. The Kier molecular flexibility index (Phi) is 4.69. The molecule has 0 aromatic carbocycles. The molecule has 3 rings (SSSR count). The summed E-state index contributed by atoms with van der Waals surface area (Å²) in [4.78, 5) is 16.7. The standard InChI is InChI=1S/C15H13ClF6N4O/c16-9-1-2-11-24-10(7-26(11)6-9)5-23-12(27)25-4-3-13(8-25,14(17,18)19)15(20,21)22/h1-2,6-7H,3-5,8H2,(H,23,27). The lowest BCUT2D eigenvalue weighted by atomic mass is 9.85. The van der Waals surface area contributed by atoms with Gasteiger partial charge in [-0.05, 0) is 18.6 Å². The van der Waals surface area contributed by atoms with Gasteiger partial charge < -0.3 is 14.6 Å². The highest BCUT2D eigenvalue weighted by molar-refractivity contribution is 6.30. The van der Waals surface area contributed by atoms with Crippen LogP contribution in [-0.4, -0.2) is 45.8 Å². The maximum absolute atomic E-state index is 13.0. The summed E-state index contributed by atoms with van der Waals surface area (Å²) in [5.74, 6) is 0. The summed E-state index contributed by atoms with van der Waals surface area (Å²) in [5, 5.41) is 2.75. The second-order valence-corrected chi connectivity index (χ2v) is 6.69. The molecule has 0 bridgehead atoms. The molecule has 1 saturated heterocycles. The summed E-state index contributed by atoms with van der Waals surface area (Å²) in [6, 6.07) is 2.21. The SMILES string of the molecule is O=C(NCc1cn2cc(Cl)ccc2n1)N1CCC(C(F)(F)F)(C(F)(F)F)C1. The van der Waals surface area contributed by atoms with Crippen LogP contribution >= 0.6 is 11.6 Å². The number of aromatic nitrogens is 2. The minimum Gasteiger partial charge on any atom is -0.332 e. The molecular formula is C15H13ClF6N4O. The first-order valence-corrected chi connectivity index (χ1v) is 8.10. The number of nitrogens with one attached hydrogen (secondary N) is 1. The first-order valence-electron chi connectivity index (χ1n) is 7.72. The number of fused-ring (bicyclic) bond motifs is 1.